The summed E-state index contributed by atoms with van der Waals surface area (Å²) in [5.74, 6) is 0. The molecule has 1 rings (SSSR count). The summed E-state index contributed by atoms with van der Waals surface area (Å²) in [4.78, 5) is 0. The van der Waals surface area contributed by atoms with Crippen LogP contribution in [0.25, 0.3) is 0 Å². The lowest BCUT2D eigenvalue weighted by molar-refractivity contribution is -0.00713. The van der Waals surface area contributed by atoms with Gasteiger partial charge in [0.1, 0.15) is 0 Å². The van der Waals surface area contributed by atoms with Gasteiger partial charge < -0.3 is 14.6 Å². The molecule has 0 amide bonds. The SMILES string of the molecule is [CH2]C(O)COCC1CCCO1. The molecule has 11 heavy (non-hydrogen) atoms. The number of hydrogen-bond donors (Lipinski definition) is 1. The highest BCUT2D eigenvalue weighted by Crippen LogP contribution is 2.11. The Bertz CT molecular complexity index is 97.5. The minimum atomic E-state index is -0.614. The van der Waals surface area contributed by atoms with E-state index in [4.69, 9.17) is 14.6 Å². The Labute approximate surface area is 67.3 Å². The van der Waals surface area contributed by atoms with Gasteiger partial charge in [-0.3, -0.25) is 0 Å². The lowest BCUT2D eigenvalue weighted by Crippen LogP contribution is -2.19. The molecule has 1 aliphatic heterocycles. The van der Waals surface area contributed by atoms with Crippen molar-refractivity contribution in [3.8, 4) is 0 Å². The number of rotatable bonds is 4. The lowest BCUT2D eigenvalue weighted by atomic mass is 10.2. The molecule has 1 heterocycles. The van der Waals surface area contributed by atoms with E-state index in [0.29, 0.717) is 13.2 Å². The van der Waals surface area contributed by atoms with Crippen molar-refractivity contribution in [3.05, 3.63) is 6.92 Å². The molecule has 3 heteroatoms. The molecule has 0 aromatic rings. The fourth-order valence-electron chi connectivity index (χ4n) is 1.11. The fourth-order valence-corrected chi connectivity index (χ4v) is 1.11. The van der Waals surface area contributed by atoms with Gasteiger partial charge in [-0.2, -0.15) is 0 Å². The summed E-state index contributed by atoms with van der Waals surface area (Å²) in [6.07, 6.45) is 1.83. The standard InChI is InChI=1S/C8H15O3/c1-7(9)5-10-6-8-3-2-4-11-8/h7-9H,1-6H2. The van der Waals surface area contributed by atoms with Crippen LogP contribution in [-0.2, 0) is 9.47 Å². The predicted molar refractivity (Wildman–Crippen MR) is 41.2 cm³/mol. The second-order valence-electron chi connectivity index (χ2n) is 2.83. The van der Waals surface area contributed by atoms with Gasteiger partial charge >= 0.3 is 0 Å². The molecule has 0 aromatic carbocycles. The maximum absolute atomic E-state index is 8.75. The van der Waals surface area contributed by atoms with Gasteiger partial charge in [0, 0.05) is 6.61 Å². The van der Waals surface area contributed by atoms with E-state index < -0.39 is 6.10 Å². The third-order valence-electron chi connectivity index (χ3n) is 1.64. The molecule has 2 unspecified atom stereocenters. The average molecular weight is 159 g/mol. The van der Waals surface area contributed by atoms with E-state index in [1.165, 1.54) is 0 Å². The summed E-state index contributed by atoms with van der Waals surface area (Å²) in [5.41, 5.74) is 0. The van der Waals surface area contributed by atoms with E-state index in [9.17, 15) is 0 Å². The maximum Gasteiger partial charge on any atom is 0.0809 e. The topological polar surface area (TPSA) is 38.7 Å². The van der Waals surface area contributed by atoms with Crippen molar-refractivity contribution < 1.29 is 14.6 Å². The Balaban J connectivity index is 1.94. The molecule has 1 N–H and O–H groups in total. The van der Waals surface area contributed by atoms with Gasteiger partial charge in [0.15, 0.2) is 0 Å². The van der Waals surface area contributed by atoms with Crippen molar-refractivity contribution in [3.63, 3.8) is 0 Å². The number of aliphatic hydroxyl groups is 1. The highest BCUT2D eigenvalue weighted by atomic mass is 16.5. The Morgan fingerprint density at radius 1 is 1.73 bits per heavy atom. The zero-order chi connectivity index (χ0) is 8.10. The normalized spacial score (nSPS) is 27.3. The Hall–Kier alpha value is -0.120. The summed E-state index contributed by atoms with van der Waals surface area (Å²) in [5, 5.41) is 8.75. The van der Waals surface area contributed by atoms with Crippen LogP contribution in [0, 0.1) is 6.92 Å². The molecule has 3 nitrogen and oxygen atoms in total. The summed E-state index contributed by atoms with van der Waals surface area (Å²) >= 11 is 0. The molecule has 65 valence electrons. The summed E-state index contributed by atoms with van der Waals surface area (Å²) in [6.45, 7) is 5.14. The van der Waals surface area contributed by atoms with Crippen LogP contribution in [0.3, 0.4) is 0 Å². The van der Waals surface area contributed by atoms with Crippen LogP contribution in [0.1, 0.15) is 12.8 Å². The summed E-state index contributed by atoms with van der Waals surface area (Å²) in [7, 11) is 0. The zero-order valence-corrected chi connectivity index (χ0v) is 6.66. The smallest absolute Gasteiger partial charge is 0.0809 e. The van der Waals surface area contributed by atoms with Gasteiger partial charge in [-0.05, 0) is 19.8 Å². The second-order valence-corrected chi connectivity index (χ2v) is 2.83. The van der Waals surface area contributed by atoms with Gasteiger partial charge in [0.2, 0.25) is 0 Å². The summed E-state index contributed by atoms with van der Waals surface area (Å²) < 4.78 is 10.4. The minimum Gasteiger partial charge on any atom is -0.391 e. The Kier molecular flexibility index (Phi) is 3.83. The van der Waals surface area contributed by atoms with Gasteiger partial charge in [0.25, 0.3) is 0 Å². The average Bonchev–Trinajstić information content (AvgIpc) is 2.39. The van der Waals surface area contributed by atoms with Crippen LogP contribution in [-0.4, -0.2) is 37.1 Å². The second kappa shape index (κ2) is 4.70. The van der Waals surface area contributed by atoms with Crippen LogP contribution >= 0.6 is 0 Å². The number of aliphatic hydroxyl groups excluding tert-OH is 1. The molecule has 1 fully saturated rings. The first-order valence-electron chi connectivity index (χ1n) is 3.99. The molecular formula is C8H15O3. The minimum absolute atomic E-state index is 0.244. The zero-order valence-electron chi connectivity index (χ0n) is 6.66. The quantitative estimate of drug-likeness (QED) is 0.644. The number of hydrogen-bond acceptors (Lipinski definition) is 3. The van der Waals surface area contributed by atoms with Gasteiger partial charge in [-0.15, -0.1) is 0 Å². The molecule has 1 radical (unpaired) electrons. The van der Waals surface area contributed by atoms with Gasteiger partial charge in [0.05, 0.1) is 25.4 Å². The van der Waals surface area contributed by atoms with E-state index in [1.807, 2.05) is 0 Å². The van der Waals surface area contributed by atoms with Crippen molar-refractivity contribution in [1.29, 1.82) is 0 Å². The third-order valence-corrected chi connectivity index (χ3v) is 1.64. The molecule has 0 spiro atoms. The van der Waals surface area contributed by atoms with Crippen molar-refractivity contribution in [2.75, 3.05) is 19.8 Å². The molecule has 1 aliphatic rings. The lowest BCUT2D eigenvalue weighted by Gasteiger charge is -2.10. The van der Waals surface area contributed by atoms with Crippen LogP contribution < -0.4 is 0 Å². The van der Waals surface area contributed by atoms with E-state index >= 15 is 0 Å². The number of ether oxygens (including phenoxy) is 2. The van der Waals surface area contributed by atoms with Crippen LogP contribution in [0.5, 0.6) is 0 Å². The van der Waals surface area contributed by atoms with Crippen LogP contribution in [0.4, 0.5) is 0 Å². The van der Waals surface area contributed by atoms with E-state index in [-0.39, 0.29) is 6.10 Å². The van der Waals surface area contributed by atoms with Crippen molar-refractivity contribution >= 4 is 0 Å². The van der Waals surface area contributed by atoms with Crippen LogP contribution in [0.2, 0.25) is 0 Å². The van der Waals surface area contributed by atoms with Crippen molar-refractivity contribution in [2.24, 2.45) is 0 Å². The molecule has 0 aliphatic carbocycles. The molecule has 1 saturated heterocycles. The first kappa shape index (κ1) is 8.97. The highest BCUT2D eigenvalue weighted by molar-refractivity contribution is 4.64. The third kappa shape index (κ3) is 3.70. The van der Waals surface area contributed by atoms with E-state index in [2.05, 4.69) is 6.92 Å². The largest absolute Gasteiger partial charge is 0.391 e. The molecule has 0 bridgehead atoms. The van der Waals surface area contributed by atoms with Crippen LogP contribution in [0.15, 0.2) is 0 Å². The Morgan fingerprint density at radius 3 is 3.09 bits per heavy atom. The maximum atomic E-state index is 8.75. The highest BCUT2D eigenvalue weighted by Gasteiger charge is 2.15. The molecule has 0 saturated carbocycles. The van der Waals surface area contributed by atoms with Gasteiger partial charge in [-0.25, -0.2) is 0 Å². The fraction of sp³-hybridized carbons (Fsp3) is 0.875. The predicted octanol–water partition coefficient (Wildman–Crippen LogP) is 0.377. The van der Waals surface area contributed by atoms with E-state index in [0.717, 1.165) is 19.4 Å². The van der Waals surface area contributed by atoms with Gasteiger partial charge in [-0.1, -0.05) is 0 Å². The van der Waals surface area contributed by atoms with E-state index in [1.54, 1.807) is 0 Å². The monoisotopic (exact) mass is 159 g/mol. The summed E-state index contributed by atoms with van der Waals surface area (Å²) in [6, 6.07) is 0. The van der Waals surface area contributed by atoms with Crippen molar-refractivity contribution in [1.82, 2.24) is 0 Å². The molecule has 0 aromatic heterocycles. The van der Waals surface area contributed by atoms with Crippen molar-refractivity contribution in [2.45, 2.75) is 25.0 Å². The Morgan fingerprint density at radius 2 is 2.55 bits per heavy atom. The molecule has 2 atom stereocenters. The molecular weight excluding hydrogens is 144 g/mol. The first-order valence-corrected chi connectivity index (χ1v) is 3.99. The first-order chi connectivity index (χ1) is 5.29.